The number of halogens is 1. The van der Waals surface area contributed by atoms with Crippen LogP contribution in [0.3, 0.4) is 0 Å². The fraction of sp³-hybridized carbons (Fsp3) is 0.800. The van der Waals surface area contributed by atoms with Gasteiger partial charge in [-0.15, -0.1) is 5.10 Å². The molecule has 0 aromatic carbocycles. The first-order valence-corrected chi connectivity index (χ1v) is 6.17. The van der Waals surface area contributed by atoms with Gasteiger partial charge in [-0.1, -0.05) is 19.8 Å². The van der Waals surface area contributed by atoms with Crippen LogP contribution in [0.15, 0.2) is 11.1 Å². The molecule has 0 radical (unpaired) electrons. The Labute approximate surface area is 97.8 Å². The van der Waals surface area contributed by atoms with E-state index in [4.69, 9.17) is 0 Å². The molecule has 0 bridgehead atoms. The quantitative estimate of drug-likeness (QED) is 0.897. The highest BCUT2D eigenvalue weighted by Gasteiger charge is 2.36. The van der Waals surface area contributed by atoms with Crippen molar-refractivity contribution in [3.63, 3.8) is 0 Å². The molecule has 0 amide bonds. The fourth-order valence-electron chi connectivity index (χ4n) is 2.26. The van der Waals surface area contributed by atoms with Crippen LogP contribution in [-0.2, 0) is 6.54 Å². The molecule has 1 aromatic heterocycles. The van der Waals surface area contributed by atoms with Crippen molar-refractivity contribution in [1.29, 1.82) is 0 Å². The van der Waals surface area contributed by atoms with E-state index < -0.39 is 5.60 Å². The summed E-state index contributed by atoms with van der Waals surface area (Å²) in [5.74, 6) is 0.342. The van der Waals surface area contributed by atoms with Crippen LogP contribution in [0, 0.1) is 5.92 Å². The lowest BCUT2D eigenvalue weighted by atomic mass is 9.76. The highest BCUT2D eigenvalue weighted by Crippen LogP contribution is 2.34. The second kappa shape index (κ2) is 4.22. The lowest BCUT2D eigenvalue weighted by Gasteiger charge is -2.37. The molecule has 15 heavy (non-hydrogen) atoms. The Morgan fingerprint density at radius 1 is 1.67 bits per heavy atom. The molecule has 2 unspecified atom stereocenters. The number of hydrogen-bond donors (Lipinski definition) is 1. The van der Waals surface area contributed by atoms with E-state index >= 15 is 0 Å². The topological polar surface area (TPSA) is 50.9 Å². The Balaban J connectivity index is 2.08. The largest absolute Gasteiger partial charge is 0.388 e. The van der Waals surface area contributed by atoms with Gasteiger partial charge in [0.25, 0.3) is 0 Å². The predicted octanol–water partition coefficient (Wildman–Crippen LogP) is 1.98. The van der Waals surface area contributed by atoms with E-state index in [1.807, 2.05) is 0 Å². The summed E-state index contributed by atoms with van der Waals surface area (Å²) in [4.78, 5) is 4.00. The summed E-state index contributed by atoms with van der Waals surface area (Å²) >= 11 is 3.21. The van der Waals surface area contributed by atoms with Crippen molar-refractivity contribution in [3.8, 4) is 0 Å². The monoisotopic (exact) mass is 273 g/mol. The summed E-state index contributed by atoms with van der Waals surface area (Å²) < 4.78 is 2.29. The van der Waals surface area contributed by atoms with Crippen molar-refractivity contribution in [2.45, 2.75) is 44.8 Å². The van der Waals surface area contributed by atoms with Gasteiger partial charge in [0.15, 0.2) is 0 Å². The summed E-state index contributed by atoms with van der Waals surface area (Å²) in [6.07, 6.45) is 5.96. The van der Waals surface area contributed by atoms with E-state index in [1.165, 1.54) is 6.42 Å². The van der Waals surface area contributed by atoms with Crippen LogP contribution in [0.4, 0.5) is 0 Å². The Morgan fingerprint density at radius 3 is 3.07 bits per heavy atom. The number of aromatic nitrogens is 3. The molecule has 5 heteroatoms. The summed E-state index contributed by atoms with van der Waals surface area (Å²) in [5, 5.41) is 14.6. The molecule has 2 rings (SSSR count). The average Bonchev–Trinajstić information content (AvgIpc) is 2.57. The molecule has 1 aliphatic rings. The summed E-state index contributed by atoms with van der Waals surface area (Å²) in [6.45, 7) is 2.66. The smallest absolute Gasteiger partial charge is 0.217 e. The molecule has 1 fully saturated rings. The van der Waals surface area contributed by atoms with Crippen LogP contribution < -0.4 is 0 Å². The van der Waals surface area contributed by atoms with Gasteiger partial charge in [-0.2, -0.15) is 0 Å². The molecular formula is C10H16BrN3O. The molecule has 2 atom stereocenters. The van der Waals surface area contributed by atoms with Gasteiger partial charge in [0, 0.05) is 0 Å². The van der Waals surface area contributed by atoms with Gasteiger partial charge in [-0.05, 0) is 34.7 Å². The second-order valence-electron chi connectivity index (χ2n) is 4.46. The minimum atomic E-state index is -0.606. The maximum atomic E-state index is 10.5. The van der Waals surface area contributed by atoms with Gasteiger partial charge in [-0.25, -0.2) is 9.67 Å². The molecule has 1 aromatic rings. The van der Waals surface area contributed by atoms with Crippen LogP contribution >= 0.6 is 15.9 Å². The lowest BCUT2D eigenvalue weighted by Crippen LogP contribution is -2.43. The minimum absolute atomic E-state index is 0.342. The third kappa shape index (κ3) is 2.39. The summed E-state index contributed by atoms with van der Waals surface area (Å²) in [5.41, 5.74) is -0.606. The first-order valence-electron chi connectivity index (χ1n) is 5.37. The zero-order valence-electron chi connectivity index (χ0n) is 8.86. The number of nitrogens with zero attached hydrogens (tertiary/aromatic N) is 3. The third-order valence-corrected chi connectivity index (χ3v) is 3.72. The Bertz CT molecular complexity index is 341. The average molecular weight is 274 g/mol. The lowest BCUT2D eigenvalue weighted by molar-refractivity contribution is -0.0571. The molecule has 1 heterocycles. The molecule has 0 spiro atoms. The van der Waals surface area contributed by atoms with Crippen LogP contribution in [0.5, 0.6) is 0 Å². The Kier molecular flexibility index (Phi) is 3.11. The Morgan fingerprint density at radius 2 is 2.47 bits per heavy atom. The van der Waals surface area contributed by atoms with Crippen molar-refractivity contribution in [1.82, 2.24) is 14.8 Å². The normalized spacial score (nSPS) is 31.8. The van der Waals surface area contributed by atoms with E-state index in [0.717, 1.165) is 19.3 Å². The highest BCUT2D eigenvalue weighted by molar-refractivity contribution is 9.10. The van der Waals surface area contributed by atoms with Crippen LogP contribution in [0.25, 0.3) is 0 Å². The van der Waals surface area contributed by atoms with E-state index in [1.54, 1.807) is 11.0 Å². The summed E-state index contributed by atoms with van der Waals surface area (Å²) in [7, 11) is 0. The van der Waals surface area contributed by atoms with Crippen molar-refractivity contribution in [2.75, 3.05) is 0 Å². The van der Waals surface area contributed by atoms with Crippen LogP contribution in [-0.4, -0.2) is 25.5 Å². The van der Waals surface area contributed by atoms with Crippen molar-refractivity contribution >= 4 is 15.9 Å². The predicted molar refractivity (Wildman–Crippen MR) is 60.3 cm³/mol. The van der Waals surface area contributed by atoms with Gasteiger partial charge >= 0.3 is 0 Å². The SMILES string of the molecule is CC1CCCCC1(O)Cn1cnc(Br)n1. The number of aliphatic hydroxyl groups is 1. The molecule has 1 saturated carbocycles. The van der Waals surface area contributed by atoms with Gasteiger partial charge in [0.1, 0.15) is 6.33 Å². The molecule has 84 valence electrons. The maximum Gasteiger partial charge on any atom is 0.217 e. The van der Waals surface area contributed by atoms with Crippen LogP contribution in [0.1, 0.15) is 32.6 Å². The fourth-order valence-corrected chi connectivity index (χ4v) is 2.56. The van der Waals surface area contributed by atoms with Gasteiger partial charge in [0.05, 0.1) is 12.1 Å². The first kappa shape index (κ1) is 11.1. The van der Waals surface area contributed by atoms with Crippen LogP contribution in [0.2, 0.25) is 0 Å². The van der Waals surface area contributed by atoms with E-state index in [9.17, 15) is 5.11 Å². The first-order chi connectivity index (χ1) is 7.10. The van der Waals surface area contributed by atoms with E-state index in [2.05, 4.69) is 32.9 Å². The van der Waals surface area contributed by atoms with E-state index in [0.29, 0.717) is 17.2 Å². The van der Waals surface area contributed by atoms with E-state index in [-0.39, 0.29) is 0 Å². The van der Waals surface area contributed by atoms with Crippen molar-refractivity contribution in [2.24, 2.45) is 5.92 Å². The minimum Gasteiger partial charge on any atom is -0.388 e. The highest BCUT2D eigenvalue weighted by atomic mass is 79.9. The second-order valence-corrected chi connectivity index (χ2v) is 5.17. The molecule has 4 nitrogen and oxygen atoms in total. The zero-order chi connectivity index (χ0) is 10.9. The molecule has 1 N–H and O–H groups in total. The van der Waals surface area contributed by atoms with Gasteiger partial charge < -0.3 is 5.11 Å². The zero-order valence-corrected chi connectivity index (χ0v) is 10.4. The standard InChI is InChI=1S/C10H16BrN3O/c1-8-4-2-3-5-10(8,15)6-14-7-12-9(11)13-14/h7-8,15H,2-6H2,1H3. The molecule has 1 aliphatic carbocycles. The summed E-state index contributed by atoms with van der Waals surface area (Å²) in [6, 6.07) is 0. The number of rotatable bonds is 2. The number of hydrogen-bond acceptors (Lipinski definition) is 3. The van der Waals surface area contributed by atoms with Gasteiger partial charge in [-0.3, -0.25) is 0 Å². The van der Waals surface area contributed by atoms with Crippen molar-refractivity contribution < 1.29 is 5.11 Å². The molecular weight excluding hydrogens is 258 g/mol. The maximum absolute atomic E-state index is 10.5. The third-order valence-electron chi connectivity index (χ3n) is 3.36. The molecule has 0 saturated heterocycles. The van der Waals surface area contributed by atoms with Gasteiger partial charge in [0.2, 0.25) is 4.73 Å². The van der Waals surface area contributed by atoms with Crippen molar-refractivity contribution in [3.05, 3.63) is 11.1 Å². The molecule has 0 aliphatic heterocycles. The Hall–Kier alpha value is -0.420.